The smallest absolute Gasteiger partial charge is 0.737 e. The van der Waals surface area contributed by atoms with Crippen LogP contribution in [0.5, 0.6) is 0 Å². The standard InChI is InChI=1S/C5H11N3O3.Na/c9-4-5-2-1-3-7(5)8(11)6-10;/h5,9-10H,1-4H2;/q;+1/p-1/b8-6+;/t5-;/m1./s1. The monoisotopic (exact) mass is 183 g/mol. The van der Waals surface area contributed by atoms with Crippen LogP contribution in [0.2, 0.25) is 0 Å². The molecule has 0 spiro atoms. The van der Waals surface area contributed by atoms with Crippen LogP contribution in [0, 0.1) is 10.4 Å². The summed E-state index contributed by atoms with van der Waals surface area (Å²) in [6.07, 6.45) is 1.56. The predicted octanol–water partition coefficient (Wildman–Crippen LogP) is -3.18. The van der Waals surface area contributed by atoms with Crippen LogP contribution in [0.1, 0.15) is 12.8 Å². The van der Waals surface area contributed by atoms with Crippen LogP contribution >= 0.6 is 0 Å². The van der Waals surface area contributed by atoms with Gasteiger partial charge in [0.05, 0.1) is 13.2 Å². The van der Waals surface area contributed by atoms with Crippen molar-refractivity contribution in [1.29, 1.82) is 0 Å². The molecule has 0 aliphatic carbocycles. The first-order valence-electron chi connectivity index (χ1n) is 3.47. The maximum atomic E-state index is 10.6. The van der Waals surface area contributed by atoms with E-state index in [1.54, 1.807) is 0 Å². The van der Waals surface area contributed by atoms with Crippen LogP contribution in [0.15, 0.2) is 5.28 Å². The Balaban J connectivity index is 0.00000121. The van der Waals surface area contributed by atoms with E-state index in [2.05, 4.69) is 5.28 Å². The summed E-state index contributed by atoms with van der Waals surface area (Å²) in [4.78, 5) is 0.00782. The number of hydrogen-bond donors (Lipinski definition) is 1. The fourth-order valence-corrected chi connectivity index (χ4v) is 1.28. The minimum atomic E-state index is -0.231. The van der Waals surface area contributed by atoms with Gasteiger partial charge in [0.15, 0.2) is 0 Å². The summed E-state index contributed by atoms with van der Waals surface area (Å²) < 4.78 is 0. The van der Waals surface area contributed by atoms with E-state index in [0.717, 1.165) is 12.8 Å². The van der Waals surface area contributed by atoms with Crippen LogP contribution in [-0.4, -0.2) is 34.3 Å². The Bertz CT molecular complexity index is 166. The molecule has 0 saturated carbocycles. The number of rotatable bonds is 2. The second kappa shape index (κ2) is 5.58. The quantitative estimate of drug-likeness (QED) is 0.212. The van der Waals surface area contributed by atoms with E-state index < -0.39 is 0 Å². The van der Waals surface area contributed by atoms with Crippen LogP contribution in [0.25, 0.3) is 0 Å². The fraction of sp³-hybridized carbons (Fsp3) is 1.00. The summed E-state index contributed by atoms with van der Waals surface area (Å²) >= 11 is 0. The minimum absolute atomic E-state index is 0. The maximum absolute atomic E-state index is 10.6. The molecule has 12 heavy (non-hydrogen) atoms. The molecule has 1 fully saturated rings. The summed E-state index contributed by atoms with van der Waals surface area (Å²) in [5.74, 6) is 0. The zero-order chi connectivity index (χ0) is 8.27. The molecule has 0 aromatic rings. The van der Waals surface area contributed by atoms with Crippen molar-refractivity contribution >= 4 is 0 Å². The van der Waals surface area contributed by atoms with E-state index >= 15 is 0 Å². The average Bonchev–Trinajstić information content (AvgIpc) is 2.50. The van der Waals surface area contributed by atoms with Crippen LogP contribution in [0.3, 0.4) is 0 Å². The van der Waals surface area contributed by atoms with Gasteiger partial charge in [-0.3, -0.25) is 0 Å². The molecule has 0 bridgehead atoms. The zero-order valence-corrected chi connectivity index (χ0v) is 9.01. The number of hydrazine groups is 1. The molecule has 1 rings (SSSR count). The zero-order valence-electron chi connectivity index (χ0n) is 7.01. The SMILES string of the molecule is [Na+].[O-]/N=[N+](/[O-])N1CCC[C@@H]1CO. The summed E-state index contributed by atoms with van der Waals surface area (Å²) in [5.41, 5.74) is 0. The topological polar surface area (TPSA) is 85.0 Å². The second-order valence-electron chi connectivity index (χ2n) is 2.48. The molecule has 1 saturated heterocycles. The molecule has 1 aliphatic heterocycles. The molecule has 0 aromatic heterocycles. The maximum Gasteiger partial charge on any atom is 1.00 e. The predicted molar refractivity (Wildman–Crippen MR) is 36.2 cm³/mol. The van der Waals surface area contributed by atoms with Gasteiger partial charge in [0, 0.05) is 4.97 Å². The molecular formula is C5H10N3NaO3. The normalized spacial score (nSPS) is 23.9. The average molecular weight is 183 g/mol. The van der Waals surface area contributed by atoms with Crippen molar-refractivity contribution in [2.45, 2.75) is 18.9 Å². The van der Waals surface area contributed by atoms with Crippen molar-refractivity contribution < 1.29 is 39.6 Å². The van der Waals surface area contributed by atoms with Crippen molar-refractivity contribution in [2.24, 2.45) is 5.28 Å². The van der Waals surface area contributed by atoms with Gasteiger partial charge < -0.3 is 15.5 Å². The molecule has 0 aromatic carbocycles. The van der Waals surface area contributed by atoms with Crippen molar-refractivity contribution in [2.75, 3.05) is 13.2 Å². The third-order valence-electron chi connectivity index (χ3n) is 1.85. The number of hydrogen-bond acceptors (Lipinski definition) is 4. The molecular weight excluding hydrogens is 173 g/mol. The van der Waals surface area contributed by atoms with E-state index in [0.29, 0.717) is 6.54 Å². The van der Waals surface area contributed by atoms with Gasteiger partial charge in [-0.15, -0.1) is 5.01 Å². The van der Waals surface area contributed by atoms with Gasteiger partial charge in [0.2, 0.25) is 0 Å². The first kappa shape index (κ1) is 12.0. The first-order valence-corrected chi connectivity index (χ1v) is 3.47. The summed E-state index contributed by atoms with van der Waals surface area (Å²) in [6, 6.07) is -0.231. The Morgan fingerprint density at radius 2 is 2.33 bits per heavy atom. The van der Waals surface area contributed by atoms with Crippen LogP contribution in [-0.2, 0) is 0 Å². The Morgan fingerprint density at radius 3 is 2.83 bits per heavy atom. The Labute approximate surface area is 92.3 Å². The van der Waals surface area contributed by atoms with Crippen LogP contribution < -0.4 is 29.6 Å². The van der Waals surface area contributed by atoms with Gasteiger partial charge in [-0.2, -0.15) is 0 Å². The van der Waals surface area contributed by atoms with Gasteiger partial charge in [0.1, 0.15) is 6.04 Å². The summed E-state index contributed by atoms with van der Waals surface area (Å²) in [7, 11) is 0. The minimum Gasteiger partial charge on any atom is -0.737 e. The molecule has 0 unspecified atom stereocenters. The van der Waals surface area contributed by atoms with Crippen molar-refractivity contribution in [3.63, 3.8) is 0 Å². The Morgan fingerprint density at radius 1 is 1.67 bits per heavy atom. The summed E-state index contributed by atoms with van der Waals surface area (Å²) in [5, 5.41) is 32.6. The van der Waals surface area contributed by atoms with Gasteiger partial charge in [0.25, 0.3) is 0 Å². The molecule has 0 radical (unpaired) electrons. The number of aliphatic hydroxyl groups excluding tert-OH is 1. The molecule has 1 heterocycles. The summed E-state index contributed by atoms with van der Waals surface area (Å²) in [6.45, 7) is 0.398. The van der Waals surface area contributed by atoms with Crippen molar-refractivity contribution in [1.82, 2.24) is 5.01 Å². The van der Waals surface area contributed by atoms with Crippen LogP contribution in [0.4, 0.5) is 0 Å². The number of aliphatic hydroxyl groups is 1. The third kappa shape index (κ3) is 2.48. The fourth-order valence-electron chi connectivity index (χ4n) is 1.28. The number of nitrogens with zero attached hydrogens (tertiary/aromatic N) is 3. The molecule has 1 atom stereocenters. The third-order valence-corrected chi connectivity index (χ3v) is 1.85. The molecule has 7 heteroatoms. The van der Waals surface area contributed by atoms with Gasteiger partial charge in [-0.05, 0) is 18.1 Å². The van der Waals surface area contributed by atoms with E-state index in [9.17, 15) is 10.4 Å². The van der Waals surface area contributed by atoms with E-state index in [1.807, 2.05) is 0 Å². The van der Waals surface area contributed by atoms with Gasteiger partial charge >= 0.3 is 29.6 Å². The second-order valence-corrected chi connectivity index (χ2v) is 2.48. The van der Waals surface area contributed by atoms with Gasteiger partial charge in [-0.1, -0.05) is 0 Å². The van der Waals surface area contributed by atoms with Gasteiger partial charge in [-0.25, -0.2) is 0 Å². The Kier molecular flexibility index (Phi) is 5.56. The first-order chi connectivity index (χ1) is 5.29. The molecule has 64 valence electrons. The van der Waals surface area contributed by atoms with E-state index in [-0.39, 0.29) is 47.2 Å². The Hall–Kier alpha value is -0.0400. The largest absolute Gasteiger partial charge is 1.00 e. The van der Waals surface area contributed by atoms with Crippen molar-refractivity contribution in [3.8, 4) is 0 Å². The molecule has 6 nitrogen and oxygen atoms in total. The molecule has 1 aliphatic rings. The van der Waals surface area contributed by atoms with E-state index in [4.69, 9.17) is 5.11 Å². The molecule has 0 amide bonds. The van der Waals surface area contributed by atoms with E-state index in [1.165, 1.54) is 5.01 Å². The van der Waals surface area contributed by atoms with Crippen molar-refractivity contribution in [3.05, 3.63) is 10.4 Å². The molecule has 1 N–H and O–H groups in total.